The van der Waals surface area contributed by atoms with Gasteiger partial charge in [-0.1, -0.05) is 41.8 Å². The Bertz CT molecular complexity index is 383. The SMILES string of the molecule is CCSc1nnc(S[C@@H]2C[C@@H](C)OC2=O)s1. The minimum absolute atomic E-state index is 0.0300. The van der Waals surface area contributed by atoms with Crippen LogP contribution < -0.4 is 0 Å². The lowest BCUT2D eigenvalue weighted by molar-refractivity contribution is -0.140. The van der Waals surface area contributed by atoms with Crippen molar-refractivity contribution >= 4 is 40.8 Å². The van der Waals surface area contributed by atoms with Gasteiger partial charge in [0.15, 0.2) is 8.68 Å². The highest BCUT2D eigenvalue weighted by atomic mass is 32.2. The van der Waals surface area contributed by atoms with Gasteiger partial charge in [0.05, 0.1) is 0 Å². The second-order valence-corrected chi connectivity index (χ2v) is 7.30. The fourth-order valence-corrected chi connectivity index (χ4v) is 4.64. The van der Waals surface area contributed by atoms with Gasteiger partial charge in [-0.15, -0.1) is 10.2 Å². The zero-order chi connectivity index (χ0) is 11.5. The Hall–Kier alpha value is -0.270. The second kappa shape index (κ2) is 5.37. The number of thioether (sulfide) groups is 2. The van der Waals surface area contributed by atoms with Crippen LogP contribution in [0.3, 0.4) is 0 Å². The van der Waals surface area contributed by atoms with Gasteiger partial charge in [0.2, 0.25) is 0 Å². The first-order valence-corrected chi connectivity index (χ1v) is 7.70. The molecule has 0 aliphatic carbocycles. The summed E-state index contributed by atoms with van der Waals surface area (Å²) < 4.78 is 6.91. The number of hydrogen-bond donors (Lipinski definition) is 0. The van der Waals surface area contributed by atoms with Crippen molar-refractivity contribution < 1.29 is 9.53 Å². The zero-order valence-electron chi connectivity index (χ0n) is 9.00. The van der Waals surface area contributed by atoms with Crippen LogP contribution in [0.15, 0.2) is 8.68 Å². The second-order valence-electron chi connectivity index (χ2n) is 3.36. The van der Waals surface area contributed by atoms with Gasteiger partial charge in [-0.25, -0.2) is 0 Å². The quantitative estimate of drug-likeness (QED) is 0.622. The molecule has 0 unspecified atom stereocenters. The molecule has 7 heteroatoms. The number of carbonyl (C=O) groups excluding carboxylic acids is 1. The summed E-state index contributed by atoms with van der Waals surface area (Å²) in [5.41, 5.74) is 0. The van der Waals surface area contributed by atoms with E-state index in [4.69, 9.17) is 4.74 Å². The van der Waals surface area contributed by atoms with Crippen LogP contribution in [0.2, 0.25) is 0 Å². The zero-order valence-corrected chi connectivity index (χ0v) is 11.5. The summed E-state index contributed by atoms with van der Waals surface area (Å²) in [5.74, 6) is 0.860. The first-order valence-electron chi connectivity index (χ1n) is 5.02. The number of cyclic esters (lactones) is 1. The molecule has 16 heavy (non-hydrogen) atoms. The van der Waals surface area contributed by atoms with E-state index in [-0.39, 0.29) is 17.3 Å². The average Bonchev–Trinajstić information content (AvgIpc) is 2.76. The van der Waals surface area contributed by atoms with Gasteiger partial charge < -0.3 is 4.74 Å². The molecule has 0 radical (unpaired) electrons. The van der Waals surface area contributed by atoms with Crippen LogP contribution in [-0.4, -0.2) is 33.3 Å². The molecule has 2 heterocycles. The summed E-state index contributed by atoms with van der Waals surface area (Å²) in [4.78, 5) is 11.4. The molecule has 0 N–H and O–H groups in total. The van der Waals surface area contributed by atoms with Gasteiger partial charge in [0.25, 0.3) is 0 Å². The highest BCUT2D eigenvalue weighted by Crippen LogP contribution is 2.35. The van der Waals surface area contributed by atoms with E-state index in [9.17, 15) is 4.79 Å². The standard InChI is InChI=1S/C9H12N2O2S3/c1-3-14-8-10-11-9(16-8)15-6-4-5(2)13-7(6)12/h5-6H,3-4H2,1-2H3/t5-,6-/m1/s1. The number of hydrogen-bond acceptors (Lipinski definition) is 7. The Morgan fingerprint density at radius 3 is 2.88 bits per heavy atom. The van der Waals surface area contributed by atoms with Crippen molar-refractivity contribution in [3.8, 4) is 0 Å². The van der Waals surface area contributed by atoms with E-state index < -0.39 is 0 Å². The molecule has 1 aromatic rings. The number of esters is 1. The molecular formula is C9H12N2O2S3. The minimum atomic E-state index is -0.127. The summed E-state index contributed by atoms with van der Waals surface area (Å²) in [7, 11) is 0. The van der Waals surface area contributed by atoms with E-state index in [0.29, 0.717) is 0 Å². The van der Waals surface area contributed by atoms with E-state index in [2.05, 4.69) is 17.1 Å². The van der Waals surface area contributed by atoms with Crippen LogP contribution in [0.4, 0.5) is 0 Å². The molecule has 0 saturated carbocycles. The van der Waals surface area contributed by atoms with Crippen molar-refractivity contribution in [2.75, 3.05) is 5.75 Å². The number of nitrogens with zero attached hydrogens (tertiary/aromatic N) is 2. The first kappa shape index (κ1) is 12.2. The molecule has 88 valence electrons. The average molecular weight is 276 g/mol. The molecule has 1 aromatic heterocycles. The van der Waals surface area contributed by atoms with E-state index in [1.54, 1.807) is 23.1 Å². The van der Waals surface area contributed by atoms with Crippen LogP contribution in [0, 0.1) is 0 Å². The maximum atomic E-state index is 11.4. The third kappa shape index (κ3) is 2.89. The van der Waals surface area contributed by atoms with Gasteiger partial charge in [-0.2, -0.15) is 0 Å². The fourth-order valence-electron chi connectivity index (χ4n) is 1.36. The lowest BCUT2D eigenvalue weighted by Crippen LogP contribution is -2.08. The Kier molecular flexibility index (Phi) is 4.10. The Morgan fingerprint density at radius 1 is 1.50 bits per heavy atom. The molecule has 1 aliphatic heterocycles. The Balaban J connectivity index is 1.95. The molecule has 0 amide bonds. The predicted octanol–water partition coefficient (Wildman–Crippen LogP) is 2.45. The monoisotopic (exact) mass is 276 g/mol. The fraction of sp³-hybridized carbons (Fsp3) is 0.667. The van der Waals surface area contributed by atoms with Crippen molar-refractivity contribution in [3.63, 3.8) is 0 Å². The van der Waals surface area contributed by atoms with Gasteiger partial charge >= 0.3 is 5.97 Å². The molecule has 1 fully saturated rings. The van der Waals surface area contributed by atoms with Gasteiger partial charge in [-0.05, 0) is 12.7 Å². The van der Waals surface area contributed by atoms with Crippen LogP contribution in [-0.2, 0) is 9.53 Å². The molecule has 0 bridgehead atoms. The molecule has 4 nitrogen and oxygen atoms in total. The maximum Gasteiger partial charge on any atom is 0.319 e. The van der Waals surface area contributed by atoms with E-state index in [1.807, 2.05) is 6.92 Å². The summed E-state index contributed by atoms with van der Waals surface area (Å²) >= 11 is 4.68. The smallest absolute Gasteiger partial charge is 0.319 e. The van der Waals surface area contributed by atoms with Crippen molar-refractivity contribution in [1.29, 1.82) is 0 Å². The first-order chi connectivity index (χ1) is 7.69. The molecular weight excluding hydrogens is 264 g/mol. The number of carbonyl (C=O) groups is 1. The van der Waals surface area contributed by atoms with Gasteiger partial charge in [-0.3, -0.25) is 4.79 Å². The normalized spacial score (nSPS) is 24.8. The molecule has 0 spiro atoms. The Morgan fingerprint density at radius 2 is 2.25 bits per heavy atom. The largest absolute Gasteiger partial charge is 0.462 e. The molecule has 2 rings (SSSR count). The lowest BCUT2D eigenvalue weighted by atomic mass is 10.3. The summed E-state index contributed by atoms with van der Waals surface area (Å²) in [6, 6.07) is 0. The van der Waals surface area contributed by atoms with Crippen molar-refractivity contribution in [2.24, 2.45) is 0 Å². The number of rotatable bonds is 4. The lowest BCUT2D eigenvalue weighted by Gasteiger charge is -1.99. The maximum absolute atomic E-state index is 11.4. The third-order valence-electron chi connectivity index (χ3n) is 2.03. The molecule has 2 atom stereocenters. The summed E-state index contributed by atoms with van der Waals surface area (Å²) in [6.45, 7) is 3.99. The third-order valence-corrected chi connectivity index (χ3v) is 5.25. The number of aromatic nitrogens is 2. The Labute approximate surface area is 107 Å². The van der Waals surface area contributed by atoms with E-state index in [1.165, 1.54) is 11.8 Å². The van der Waals surface area contributed by atoms with E-state index in [0.717, 1.165) is 20.9 Å². The molecule has 0 aromatic carbocycles. The topological polar surface area (TPSA) is 52.1 Å². The van der Waals surface area contributed by atoms with Gasteiger partial charge in [0, 0.05) is 6.42 Å². The van der Waals surface area contributed by atoms with Crippen LogP contribution in [0.25, 0.3) is 0 Å². The summed E-state index contributed by atoms with van der Waals surface area (Å²) in [5, 5.41) is 8.00. The van der Waals surface area contributed by atoms with Crippen LogP contribution in [0.5, 0.6) is 0 Å². The van der Waals surface area contributed by atoms with Crippen LogP contribution in [0.1, 0.15) is 20.3 Å². The van der Waals surface area contributed by atoms with E-state index >= 15 is 0 Å². The predicted molar refractivity (Wildman–Crippen MR) is 66.1 cm³/mol. The van der Waals surface area contributed by atoms with Gasteiger partial charge in [0.1, 0.15) is 11.4 Å². The summed E-state index contributed by atoms with van der Waals surface area (Å²) in [6.07, 6.45) is 0.793. The van der Waals surface area contributed by atoms with Crippen molar-refractivity contribution in [2.45, 2.75) is 40.3 Å². The van der Waals surface area contributed by atoms with Crippen LogP contribution >= 0.6 is 34.9 Å². The molecule has 1 saturated heterocycles. The molecule has 1 aliphatic rings. The minimum Gasteiger partial charge on any atom is -0.462 e. The highest BCUT2D eigenvalue weighted by Gasteiger charge is 2.33. The number of ether oxygens (including phenoxy) is 1. The van der Waals surface area contributed by atoms with Crippen molar-refractivity contribution in [1.82, 2.24) is 10.2 Å². The highest BCUT2D eigenvalue weighted by molar-refractivity contribution is 8.03. The van der Waals surface area contributed by atoms with Crippen molar-refractivity contribution in [3.05, 3.63) is 0 Å².